The molecule has 0 aliphatic carbocycles. The Labute approximate surface area is 233 Å². The molecule has 206 valence electrons. The highest BCUT2D eigenvalue weighted by Gasteiger charge is 2.24. The largest absolute Gasteiger partial charge is 0.492 e. The number of aromatic nitrogens is 2. The molecule has 2 amide bonds. The smallest absolute Gasteiger partial charge is 0.292 e. The van der Waals surface area contributed by atoms with Gasteiger partial charge in [-0.25, -0.2) is 0 Å². The fourth-order valence-corrected chi connectivity index (χ4v) is 4.68. The van der Waals surface area contributed by atoms with Gasteiger partial charge in [-0.2, -0.15) is 4.98 Å². The highest BCUT2D eigenvalue weighted by atomic mass is 16.5. The Morgan fingerprint density at radius 3 is 2.25 bits per heavy atom. The summed E-state index contributed by atoms with van der Waals surface area (Å²) in [6, 6.07) is 27.1. The first-order chi connectivity index (χ1) is 19.7. The highest BCUT2D eigenvalue weighted by Crippen LogP contribution is 2.19. The minimum Gasteiger partial charge on any atom is -0.492 e. The third-order valence-electron chi connectivity index (χ3n) is 6.89. The first-order valence-electron chi connectivity index (χ1n) is 13.6. The number of hydrogen-bond acceptors (Lipinski definition) is 7. The SMILES string of the molecule is O=C(NCCc1nc(C(=O)NCC(COc2ccccc2)N2CCCC2)no1)c1ccc(-c2ccccc2)cc1. The quantitative estimate of drug-likeness (QED) is 0.280. The van der Waals surface area contributed by atoms with Gasteiger partial charge >= 0.3 is 0 Å². The van der Waals surface area contributed by atoms with Crippen LogP contribution in [0.3, 0.4) is 0 Å². The summed E-state index contributed by atoms with van der Waals surface area (Å²) in [6.45, 7) is 3.14. The van der Waals surface area contributed by atoms with E-state index in [9.17, 15) is 9.59 Å². The number of ether oxygens (including phenoxy) is 1. The Morgan fingerprint density at radius 2 is 1.52 bits per heavy atom. The van der Waals surface area contributed by atoms with Crippen molar-refractivity contribution in [1.82, 2.24) is 25.7 Å². The first kappa shape index (κ1) is 27.1. The van der Waals surface area contributed by atoms with Crippen molar-refractivity contribution in [3.63, 3.8) is 0 Å². The van der Waals surface area contributed by atoms with Crippen LogP contribution < -0.4 is 15.4 Å². The van der Waals surface area contributed by atoms with Crippen molar-refractivity contribution in [1.29, 1.82) is 0 Å². The maximum atomic E-state index is 12.7. The number of carbonyl (C=O) groups is 2. The summed E-state index contributed by atoms with van der Waals surface area (Å²) >= 11 is 0. The monoisotopic (exact) mass is 539 g/mol. The van der Waals surface area contributed by atoms with Crippen LogP contribution in [0.15, 0.2) is 89.5 Å². The average Bonchev–Trinajstić information content (AvgIpc) is 3.71. The van der Waals surface area contributed by atoms with E-state index in [1.165, 1.54) is 0 Å². The number of likely N-dealkylation sites (tertiary alicyclic amines) is 1. The van der Waals surface area contributed by atoms with Crippen LogP contribution in [0.1, 0.15) is 39.7 Å². The summed E-state index contributed by atoms with van der Waals surface area (Å²) in [7, 11) is 0. The van der Waals surface area contributed by atoms with Crippen molar-refractivity contribution in [2.45, 2.75) is 25.3 Å². The molecule has 5 rings (SSSR count). The molecule has 1 aliphatic rings. The number of nitrogens with zero attached hydrogens (tertiary/aromatic N) is 3. The van der Waals surface area contributed by atoms with Gasteiger partial charge in [-0.3, -0.25) is 14.5 Å². The molecule has 0 spiro atoms. The topological polar surface area (TPSA) is 110 Å². The van der Waals surface area contributed by atoms with E-state index >= 15 is 0 Å². The normalized spacial score (nSPS) is 14.0. The summed E-state index contributed by atoms with van der Waals surface area (Å²) in [4.78, 5) is 31.8. The lowest BCUT2D eigenvalue weighted by molar-refractivity contribution is 0.0907. The molecule has 0 radical (unpaired) electrons. The molecule has 1 fully saturated rings. The number of amides is 2. The molecule has 4 aromatic rings. The van der Waals surface area contributed by atoms with E-state index < -0.39 is 5.91 Å². The van der Waals surface area contributed by atoms with E-state index in [1.54, 1.807) is 12.1 Å². The van der Waals surface area contributed by atoms with Gasteiger partial charge in [-0.05, 0) is 61.3 Å². The molecule has 1 atom stereocenters. The van der Waals surface area contributed by atoms with Crippen LogP contribution >= 0.6 is 0 Å². The molecule has 1 unspecified atom stereocenters. The van der Waals surface area contributed by atoms with Gasteiger partial charge in [0.1, 0.15) is 12.4 Å². The third kappa shape index (κ3) is 7.33. The van der Waals surface area contributed by atoms with Crippen molar-refractivity contribution >= 4 is 11.8 Å². The molecule has 2 N–H and O–H groups in total. The van der Waals surface area contributed by atoms with E-state index in [0.29, 0.717) is 31.7 Å². The summed E-state index contributed by atoms with van der Waals surface area (Å²) < 4.78 is 11.2. The lowest BCUT2D eigenvalue weighted by Crippen LogP contribution is -2.46. The molecule has 9 heteroatoms. The molecular weight excluding hydrogens is 506 g/mol. The van der Waals surface area contributed by atoms with Crippen LogP contribution in [0.2, 0.25) is 0 Å². The Balaban J connectivity index is 1.07. The minimum absolute atomic E-state index is 0.0259. The first-order valence-corrected chi connectivity index (χ1v) is 13.6. The van der Waals surface area contributed by atoms with E-state index in [-0.39, 0.29) is 23.7 Å². The molecule has 0 saturated carbocycles. The van der Waals surface area contributed by atoms with E-state index in [2.05, 4.69) is 25.7 Å². The summed E-state index contributed by atoms with van der Waals surface area (Å²) in [6.07, 6.45) is 2.59. The fraction of sp³-hybridized carbons (Fsp3) is 0.290. The molecular formula is C31H33N5O4. The van der Waals surface area contributed by atoms with Crippen LogP contribution in [0.5, 0.6) is 5.75 Å². The van der Waals surface area contributed by atoms with Gasteiger partial charge in [-0.15, -0.1) is 0 Å². The Kier molecular flexibility index (Phi) is 9.16. The van der Waals surface area contributed by atoms with Crippen LogP contribution in [0.25, 0.3) is 11.1 Å². The van der Waals surface area contributed by atoms with Gasteiger partial charge in [0.05, 0.1) is 6.04 Å². The van der Waals surface area contributed by atoms with Gasteiger partial charge in [0.15, 0.2) is 0 Å². The zero-order valence-corrected chi connectivity index (χ0v) is 22.3. The second-order valence-corrected chi connectivity index (χ2v) is 9.69. The maximum Gasteiger partial charge on any atom is 0.292 e. The van der Waals surface area contributed by atoms with Gasteiger partial charge in [0.2, 0.25) is 5.89 Å². The Morgan fingerprint density at radius 1 is 0.850 bits per heavy atom. The van der Waals surface area contributed by atoms with Crippen LogP contribution in [0, 0.1) is 0 Å². The number of nitrogens with one attached hydrogen (secondary N) is 2. The van der Waals surface area contributed by atoms with Crippen molar-refractivity contribution in [3.05, 3.63) is 102 Å². The van der Waals surface area contributed by atoms with Gasteiger partial charge in [-0.1, -0.05) is 65.8 Å². The highest BCUT2D eigenvalue weighted by molar-refractivity contribution is 5.94. The fourth-order valence-electron chi connectivity index (χ4n) is 4.68. The molecule has 1 aromatic heterocycles. The van der Waals surface area contributed by atoms with E-state index in [1.807, 2.05) is 72.8 Å². The molecule has 1 saturated heterocycles. The lowest BCUT2D eigenvalue weighted by atomic mass is 10.0. The number of hydrogen-bond donors (Lipinski definition) is 2. The predicted octanol–water partition coefficient (Wildman–Crippen LogP) is 3.98. The van der Waals surface area contributed by atoms with Gasteiger partial charge < -0.3 is 19.9 Å². The van der Waals surface area contributed by atoms with Crippen LogP contribution in [0.4, 0.5) is 0 Å². The van der Waals surface area contributed by atoms with Crippen molar-refractivity contribution in [3.8, 4) is 16.9 Å². The number of carbonyl (C=O) groups excluding carboxylic acids is 2. The van der Waals surface area contributed by atoms with Crippen molar-refractivity contribution in [2.75, 3.05) is 32.8 Å². The van der Waals surface area contributed by atoms with E-state index in [0.717, 1.165) is 42.8 Å². The molecule has 0 bridgehead atoms. The summed E-state index contributed by atoms with van der Waals surface area (Å²) in [5, 5.41) is 9.60. The predicted molar refractivity (Wildman–Crippen MR) is 151 cm³/mol. The summed E-state index contributed by atoms with van der Waals surface area (Å²) in [5.74, 6) is 0.469. The zero-order chi connectivity index (χ0) is 27.6. The molecule has 3 aromatic carbocycles. The second kappa shape index (κ2) is 13.5. The number of para-hydroxylation sites is 1. The zero-order valence-electron chi connectivity index (χ0n) is 22.3. The average molecular weight is 540 g/mol. The van der Waals surface area contributed by atoms with Gasteiger partial charge in [0.25, 0.3) is 17.6 Å². The molecule has 1 aliphatic heterocycles. The standard InChI is InChI=1S/C31H33N5O4/c37-30(25-15-13-24(14-16-25)23-9-3-1-4-10-23)32-18-17-28-34-29(35-40-28)31(38)33-21-26(36-19-7-8-20-36)22-39-27-11-5-2-6-12-27/h1-6,9-16,26H,7-8,17-22H2,(H,32,37)(H,33,38). The van der Waals surface area contributed by atoms with Crippen molar-refractivity contribution < 1.29 is 18.8 Å². The number of benzene rings is 3. The Hall–Kier alpha value is -4.50. The second-order valence-electron chi connectivity index (χ2n) is 9.69. The van der Waals surface area contributed by atoms with Gasteiger partial charge in [0, 0.05) is 25.1 Å². The maximum absolute atomic E-state index is 12.7. The summed E-state index contributed by atoms with van der Waals surface area (Å²) in [5.41, 5.74) is 2.70. The van der Waals surface area contributed by atoms with E-state index in [4.69, 9.17) is 9.26 Å². The van der Waals surface area contributed by atoms with Crippen LogP contribution in [-0.2, 0) is 6.42 Å². The number of rotatable bonds is 12. The lowest BCUT2D eigenvalue weighted by Gasteiger charge is -2.27. The molecule has 40 heavy (non-hydrogen) atoms. The molecule has 2 heterocycles. The van der Waals surface area contributed by atoms with Crippen LogP contribution in [-0.4, -0.2) is 65.7 Å². The Bertz CT molecular complexity index is 1370. The molecule has 9 nitrogen and oxygen atoms in total. The third-order valence-corrected chi connectivity index (χ3v) is 6.89. The van der Waals surface area contributed by atoms with Crippen molar-refractivity contribution in [2.24, 2.45) is 0 Å². The minimum atomic E-state index is -0.401.